The van der Waals surface area contributed by atoms with Crippen molar-refractivity contribution in [3.63, 3.8) is 0 Å². The first-order chi connectivity index (χ1) is 8.20. The molecule has 0 aliphatic carbocycles. The summed E-state index contributed by atoms with van der Waals surface area (Å²) in [6, 6.07) is 2.00. The van der Waals surface area contributed by atoms with Crippen LogP contribution in [-0.4, -0.2) is 32.1 Å². The summed E-state index contributed by atoms with van der Waals surface area (Å²) in [6.45, 7) is 4.08. The Hall–Kier alpha value is -1.07. The van der Waals surface area contributed by atoms with E-state index in [4.69, 9.17) is 4.74 Å². The van der Waals surface area contributed by atoms with Crippen LogP contribution < -0.4 is 15.4 Å². The minimum atomic E-state index is -0.00106. The molecule has 2 heterocycles. The highest BCUT2D eigenvalue weighted by molar-refractivity contribution is 7.12. The van der Waals surface area contributed by atoms with Gasteiger partial charge in [-0.25, -0.2) is 0 Å². The van der Waals surface area contributed by atoms with Crippen molar-refractivity contribution in [2.24, 2.45) is 5.92 Å². The summed E-state index contributed by atoms with van der Waals surface area (Å²) in [5, 5.41) is 8.22. The Balaban J connectivity index is 1.96. The third-order valence-corrected chi connectivity index (χ3v) is 4.09. The van der Waals surface area contributed by atoms with E-state index in [2.05, 4.69) is 17.6 Å². The number of ether oxygens (including phenoxy) is 1. The number of carbonyl (C=O) groups is 1. The summed E-state index contributed by atoms with van der Waals surface area (Å²) in [5.41, 5.74) is 0. The molecule has 1 aliphatic rings. The van der Waals surface area contributed by atoms with E-state index in [-0.39, 0.29) is 11.9 Å². The van der Waals surface area contributed by atoms with Gasteiger partial charge in [0.05, 0.1) is 12.0 Å². The van der Waals surface area contributed by atoms with Gasteiger partial charge in [0, 0.05) is 24.0 Å². The molecule has 0 bridgehead atoms. The highest BCUT2D eigenvalue weighted by Gasteiger charge is 2.23. The van der Waals surface area contributed by atoms with Gasteiger partial charge in [-0.15, -0.1) is 11.3 Å². The maximum atomic E-state index is 12.0. The summed E-state index contributed by atoms with van der Waals surface area (Å²) < 4.78 is 5.07. The van der Waals surface area contributed by atoms with Crippen molar-refractivity contribution >= 4 is 17.2 Å². The lowest BCUT2D eigenvalue weighted by Crippen LogP contribution is -2.50. The van der Waals surface area contributed by atoms with Gasteiger partial charge in [0.1, 0.15) is 5.75 Å². The molecule has 94 valence electrons. The molecule has 1 saturated heterocycles. The normalized spacial score (nSPS) is 24.4. The standard InChI is InChI=1S/C12H18N2O2S/c1-8-3-4-13-6-10(8)14-12(15)11-5-9(16-2)7-17-11/h5,7-8,10,13H,3-4,6H2,1-2H3,(H,14,15). The van der Waals surface area contributed by atoms with Crippen LogP contribution in [0.25, 0.3) is 0 Å². The van der Waals surface area contributed by atoms with Crippen LogP contribution in [0.2, 0.25) is 0 Å². The molecule has 2 rings (SSSR count). The summed E-state index contributed by atoms with van der Waals surface area (Å²) in [4.78, 5) is 12.7. The molecule has 17 heavy (non-hydrogen) atoms. The van der Waals surface area contributed by atoms with Crippen LogP contribution in [0.1, 0.15) is 23.0 Å². The van der Waals surface area contributed by atoms with Crippen molar-refractivity contribution < 1.29 is 9.53 Å². The lowest BCUT2D eigenvalue weighted by atomic mass is 9.95. The van der Waals surface area contributed by atoms with Crippen molar-refractivity contribution in [2.45, 2.75) is 19.4 Å². The predicted octanol–water partition coefficient (Wildman–Crippen LogP) is 1.48. The first-order valence-electron chi connectivity index (χ1n) is 5.85. The number of methoxy groups -OCH3 is 1. The second-order valence-electron chi connectivity index (χ2n) is 4.40. The van der Waals surface area contributed by atoms with Gasteiger partial charge in [-0.1, -0.05) is 6.92 Å². The van der Waals surface area contributed by atoms with Crippen molar-refractivity contribution in [2.75, 3.05) is 20.2 Å². The van der Waals surface area contributed by atoms with Crippen LogP contribution in [-0.2, 0) is 0 Å². The maximum Gasteiger partial charge on any atom is 0.261 e. The lowest BCUT2D eigenvalue weighted by Gasteiger charge is -2.30. The van der Waals surface area contributed by atoms with Crippen LogP contribution in [0.15, 0.2) is 11.4 Å². The fourth-order valence-electron chi connectivity index (χ4n) is 1.97. The quantitative estimate of drug-likeness (QED) is 0.859. The molecule has 1 aliphatic heterocycles. The number of hydrogen-bond acceptors (Lipinski definition) is 4. The molecule has 5 heteroatoms. The SMILES string of the molecule is COc1csc(C(=O)NC2CNCCC2C)c1. The Morgan fingerprint density at radius 3 is 3.12 bits per heavy atom. The first-order valence-corrected chi connectivity index (χ1v) is 6.72. The van der Waals surface area contributed by atoms with E-state index >= 15 is 0 Å². The number of hydrogen-bond donors (Lipinski definition) is 2. The van der Waals surface area contributed by atoms with E-state index in [1.165, 1.54) is 11.3 Å². The lowest BCUT2D eigenvalue weighted by molar-refractivity contribution is 0.0919. The molecule has 1 fully saturated rings. The molecule has 1 aromatic rings. The molecule has 0 radical (unpaired) electrons. The van der Waals surface area contributed by atoms with Crippen LogP contribution in [0.3, 0.4) is 0 Å². The summed E-state index contributed by atoms with van der Waals surface area (Å²) in [5.74, 6) is 1.27. The molecule has 4 nitrogen and oxygen atoms in total. The Bertz CT molecular complexity index is 392. The summed E-state index contributed by atoms with van der Waals surface area (Å²) in [6.07, 6.45) is 1.11. The Morgan fingerprint density at radius 1 is 1.65 bits per heavy atom. The second kappa shape index (κ2) is 5.51. The van der Waals surface area contributed by atoms with Crippen molar-refractivity contribution in [3.05, 3.63) is 16.3 Å². The number of amides is 1. The van der Waals surface area contributed by atoms with Crippen LogP contribution in [0.5, 0.6) is 5.75 Å². The van der Waals surface area contributed by atoms with E-state index in [0.717, 1.165) is 25.3 Å². The molecule has 2 unspecified atom stereocenters. The van der Waals surface area contributed by atoms with Gasteiger partial charge in [0.15, 0.2) is 0 Å². The van der Waals surface area contributed by atoms with Gasteiger partial charge in [-0.05, 0) is 18.9 Å². The van der Waals surface area contributed by atoms with E-state index in [9.17, 15) is 4.79 Å². The van der Waals surface area contributed by atoms with Crippen molar-refractivity contribution in [1.82, 2.24) is 10.6 Å². The van der Waals surface area contributed by atoms with Crippen molar-refractivity contribution in [3.8, 4) is 5.75 Å². The molecule has 1 aromatic heterocycles. The highest BCUT2D eigenvalue weighted by Crippen LogP contribution is 2.21. The topological polar surface area (TPSA) is 50.4 Å². The zero-order valence-electron chi connectivity index (χ0n) is 10.2. The summed E-state index contributed by atoms with van der Waals surface area (Å²) >= 11 is 1.41. The second-order valence-corrected chi connectivity index (χ2v) is 5.31. The third-order valence-electron chi connectivity index (χ3n) is 3.18. The predicted molar refractivity (Wildman–Crippen MR) is 68.8 cm³/mol. The average molecular weight is 254 g/mol. The monoisotopic (exact) mass is 254 g/mol. The van der Waals surface area contributed by atoms with Gasteiger partial charge < -0.3 is 15.4 Å². The van der Waals surface area contributed by atoms with Gasteiger partial charge in [-0.3, -0.25) is 4.79 Å². The van der Waals surface area contributed by atoms with Gasteiger partial charge >= 0.3 is 0 Å². The molecule has 2 N–H and O–H groups in total. The molecule has 1 amide bonds. The fourth-order valence-corrected chi connectivity index (χ4v) is 2.72. The molecular formula is C12H18N2O2S. The number of piperidine rings is 1. The van der Waals surface area contributed by atoms with Gasteiger partial charge in [0.25, 0.3) is 5.91 Å². The van der Waals surface area contributed by atoms with E-state index in [1.54, 1.807) is 13.2 Å². The fraction of sp³-hybridized carbons (Fsp3) is 0.583. The molecular weight excluding hydrogens is 236 g/mol. The van der Waals surface area contributed by atoms with Crippen LogP contribution in [0.4, 0.5) is 0 Å². The summed E-state index contributed by atoms with van der Waals surface area (Å²) in [7, 11) is 1.61. The molecule has 0 spiro atoms. The smallest absolute Gasteiger partial charge is 0.261 e. The van der Waals surface area contributed by atoms with Crippen molar-refractivity contribution in [1.29, 1.82) is 0 Å². The maximum absolute atomic E-state index is 12.0. The Kier molecular flexibility index (Phi) is 4.02. The third kappa shape index (κ3) is 2.98. The zero-order chi connectivity index (χ0) is 12.3. The van der Waals surface area contributed by atoms with Crippen LogP contribution >= 0.6 is 11.3 Å². The zero-order valence-corrected chi connectivity index (χ0v) is 11.0. The minimum Gasteiger partial charge on any atom is -0.496 e. The average Bonchev–Trinajstić information content (AvgIpc) is 2.81. The number of carbonyl (C=O) groups excluding carboxylic acids is 1. The minimum absolute atomic E-state index is 0.00106. The van der Waals surface area contributed by atoms with E-state index in [0.29, 0.717) is 10.8 Å². The first kappa shape index (κ1) is 12.4. The molecule has 0 saturated carbocycles. The van der Waals surface area contributed by atoms with E-state index < -0.39 is 0 Å². The number of rotatable bonds is 3. The van der Waals surface area contributed by atoms with Gasteiger partial charge in [0.2, 0.25) is 0 Å². The van der Waals surface area contributed by atoms with Crippen LogP contribution in [0, 0.1) is 5.92 Å². The Morgan fingerprint density at radius 2 is 2.47 bits per heavy atom. The number of thiophene rings is 1. The number of nitrogens with one attached hydrogen (secondary N) is 2. The Labute approximate surface area is 105 Å². The highest BCUT2D eigenvalue weighted by atomic mass is 32.1. The largest absolute Gasteiger partial charge is 0.496 e. The van der Waals surface area contributed by atoms with E-state index in [1.807, 2.05) is 5.38 Å². The molecule has 0 aromatic carbocycles. The van der Waals surface area contributed by atoms with Gasteiger partial charge in [-0.2, -0.15) is 0 Å². The molecule has 2 atom stereocenters.